The fourth-order valence-electron chi connectivity index (χ4n) is 4.29. The number of piperazine rings is 1. The number of amidine groups is 1. The Morgan fingerprint density at radius 2 is 1.90 bits per heavy atom. The maximum Gasteiger partial charge on any atom is 0.351 e. The summed E-state index contributed by atoms with van der Waals surface area (Å²) in [5.74, 6) is 0.433. The molecule has 2 heterocycles. The number of esters is 1. The predicted molar refractivity (Wildman–Crippen MR) is 120 cm³/mol. The van der Waals surface area contributed by atoms with Crippen molar-refractivity contribution in [1.82, 2.24) is 15.5 Å². The molecule has 4 rings (SSSR count). The van der Waals surface area contributed by atoms with Crippen LogP contribution in [0.4, 0.5) is 0 Å². The van der Waals surface area contributed by atoms with Crippen LogP contribution >= 0.6 is 0 Å². The fraction of sp³-hybridized carbons (Fsp3) is 0.458. The second-order valence-electron chi connectivity index (χ2n) is 8.19. The van der Waals surface area contributed by atoms with Crippen LogP contribution < -0.4 is 10.6 Å². The summed E-state index contributed by atoms with van der Waals surface area (Å²) in [4.78, 5) is 19.7. The van der Waals surface area contributed by atoms with Gasteiger partial charge in [-0.25, -0.2) is 9.79 Å². The van der Waals surface area contributed by atoms with Crippen LogP contribution in [-0.4, -0.2) is 49.5 Å². The van der Waals surface area contributed by atoms with Gasteiger partial charge in [0.1, 0.15) is 11.8 Å². The van der Waals surface area contributed by atoms with Crippen molar-refractivity contribution >= 4 is 17.5 Å². The number of carbonyl (C=O) groups excluding carboxylic acids is 1. The van der Waals surface area contributed by atoms with Crippen LogP contribution in [0.3, 0.4) is 0 Å². The fourth-order valence-corrected chi connectivity index (χ4v) is 4.29. The van der Waals surface area contributed by atoms with Gasteiger partial charge >= 0.3 is 5.97 Å². The Morgan fingerprint density at radius 3 is 2.61 bits per heavy atom. The molecule has 0 atom stereocenters. The molecule has 31 heavy (non-hydrogen) atoms. The number of carbonyl (C=O) groups is 1. The molecule has 0 unspecified atom stereocenters. The number of nitriles is 1. The average molecular weight is 420 g/mol. The van der Waals surface area contributed by atoms with Gasteiger partial charge < -0.3 is 20.3 Å². The zero-order valence-electron chi connectivity index (χ0n) is 17.8. The first kappa shape index (κ1) is 21.1. The zero-order valence-corrected chi connectivity index (χ0v) is 17.8. The summed E-state index contributed by atoms with van der Waals surface area (Å²) in [5.41, 5.74) is 2.10. The summed E-state index contributed by atoms with van der Waals surface area (Å²) >= 11 is 0. The molecule has 0 spiro atoms. The lowest BCUT2D eigenvalue weighted by Crippen LogP contribution is -2.49. The van der Waals surface area contributed by atoms with Crippen molar-refractivity contribution in [2.24, 2.45) is 10.9 Å². The Labute approximate surface area is 183 Å². The van der Waals surface area contributed by atoms with E-state index < -0.39 is 5.97 Å². The number of ether oxygens (including phenoxy) is 1. The van der Waals surface area contributed by atoms with Crippen molar-refractivity contribution in [1.29, 1.82) is 5.26 Å². The van der Waals surface area contributed by atoms with Crippen LogP contribution in [-0.2, 0) is 9.53 Å². The van der Waals surface area contributed by atoms with Gasteiger partial charge in [-0.15, -0.1) is 0 Å². The lowest BCUT2D eigenvalue weighted by atomic mass is 9.90. The van der Waals surface area contributed by atoms with E-state index in [-0.39, 0.29) is 5.57 Å². The molecule has 162 valence electrons. The van der Waals surface area contributed by atoms with Crippen molar-refractivity contribution in [2.45, 2.75) is 32.1 Å². The molecule has 3 aliphatic rings. The number of hydrogen-bond acceptors (Lipinski definition) is 7. The van der Waals surface area contributed by atoms with E-state index in [1.807, 2.05) is 30.3 Å². The van der Waals surface area contributed by atoms with E-state index in [4.69, 9.17) is 4.74 Å². The summed E-state index contributed by atoms with van der Waals surface area (Å²) in [6.45, 7) is 3.55. The van der Waals surface area contributed by atoms with Crippen LogP contribution in [0.5, 0.6) is 0 Å². The van der Waals surface area contributed by atoms with Crippen LogP contribution in [0.2, 0.25) is 0 Å². The molecular weight excluding hydrogens is 390 g/mol. The van der Waals surface area contributed by atoms with Gasteiger partial charge in [0.05, 0.1) is 18.5 Å². The van der Waals surface area contributed by atoms with Crippen LogP contribution in [0.1, 0.15) is 37.7 Å². The number of aliphatic imine (C=N–C) groups is 1. The predicted octanol–water partition coefficient (Wildman–Crippen LogP) is 2.79. The summed E-state index contributed by atoms with van der Waals surface area (Å²) in [6, 6.07) is 11.9. The molecule has 7 heteroatoms. The first-order valence-corrected chi connectivity index (χ1v) is 11.1. The van der Waals surface area contributed by atoms with E-state index in [0.717, 1.165) is 50.3 Å². The SMILES string of the molecule is N#CC(C(=O)OCC1CCCCC1)=C1NC(c2ccccc2)=CN=C1N1CCNCC1. The summed E-state index contributed by atoms with van der Waals surface area (Å²) < 4.78 is 5.60. The molecule has 2 N–H and O–H groups in total. The largest absolute Gasteiger partial charge is 0.461 e. The topological polar surface area (TPSA) is 89.8 Å². The molecule has 1 aromatic rings. The van der Waals surface area contributed by atoms with Crippen molar-refractivity contribution in [3.63, 3.8) is 0 Å². The molecule has 7 nitrogen and oxygen atoms in total. The Bertz CT molecular complexity index is 917. The highest BCUT2D eigenvalue weighted by atomic mass is 16.5. The number of benzene rings is 1. The minimum atomic E-state index is -0.576. The highest BCUT2D eigenvalue weighted by Crippen LogP contribution is 2.25. The normalized spacial score (nSPS) is 21.3. The van der Waals surface area contributed by atoms with E-state index in [2.05, 4.69) is 26.6 Å². The molecule has 0 aromatic heterocycles. The van der Waals surface area contributed by atoms with Crippen molar-refractivity contribution in [3.05, 3.63) is 53.4 Å². The number of nitrogens with one attached hydrogen (secondary N) is 2. The molecule has 0 amide bonds. The molecule has 2 aliphatic heterocycles. The Morgan fingerprint density at radius 1 is 1.16 bits per heavy atom. The van der Waals surface area contributed by atoms with Gasteiger partial charge in [0.15, 0.2) is 11.4 Å². The van der Waals surface area contributed by atoms with Crippen molar-refractivity contribution in [3.8, 4) is 6.07 Å². The van der Waals surface area contributed by atoms with Gasteiger partial charge in [0, 0.05) is 26.2 Å². The lowest BCUT2D eigenvalue weighted by molar-refractivity contribution is -0.140. The van der Waals surface area contributed by atoms with Crippen LogP contribution in [0.15, 0.2) is 52.8 Å². The van der Waals surface area contributed by atoms with Gasteiger partial charge in [0.2, 0.25) is 0 Å². The standard InChI is InChI=1S/C24H29N5O2/c25-15-20(24(30)31-17-18-7-3-1-4-8-18)22-23(29-13-11-26-12-14-29)27-16-21(28-22)19-9-5-2-6-10-19/h2,5-6,9-10,16,18,26,28H,1,3-4,7-8,11-14,17H2. The van der Waals surface area contributed by atoms with E-state index in [0.29, 0.717) is 24.1 Å². The van der Waals surface area contributed by atoms with Gasteiger partial charge in [0.25, 0.3) is 0 Å². The second kappa shape index (κ2) is 10.3. The molecular formula is C24H29N5O2. The zero-order chi connectivity index (χ0) is 21.5. The Kier molecular flexibility index (Phi) is 7.00. The molecule has 1 saturated heterocycles. The average Bonchev–Trinajstić information content (AvgIpc) is 2.85. The smallest absolute Gasteiger partial charge is 0.351 e. The molecule has 1 aromatic carbocycles. The van der Waals surface area contributed by atoms with E-state index in [9.17, 15) is 10.1 Å². The van der Waals surface area contributed by atoms with Crippen molar-refractivity contribution in [2.75, 3.05) is 32.8 Å². The highest BCUT2D eigenvalue weighted by Gasteiger charge is 2.29. The third kappa shape index (κ3) is 5.15. The van der Waals surface area contributed by atoms with E-state index in [1.54, 1.807) is 6.20 Å². The number of rotatable bonds is 4. The third-order valence-corrected chi connectivity index (χ3v) is 6.04. The molecule has 0 radical (unpaired) electrons. The van der Waals surface area contributed by atoms with Gasteiger partial charge in [-0.05, 0) is 24.3 Å². The first-order valence-electron chi connectivity index (χ1n) is 11.1. The lowest BCUT2D eigenvalue weighted by Gasteiger charge is -2.33. The minimum Gasteiger partial charge on any atom is -0.461 e. The molecule has 1 aliphatic carbocycles. The number of hydrogen-bond donors (Lipinski definition) is 2. The van der Waals surface area contributed by atoms with Gasteiger partial charge in [-0.2, -0.15) is 5.26 Å². The second-order valence-corrected chi connectivity index (χ2v) is 8.19. The summed E-state index contributed by atoms with van der Waals surface area (Å²) in [6.07, 6.45) is 7.54. The first-order chi connectivity index (χ1) is 15.3. The molecule has 2 fully saturated rings. The third-order valence-electron chi connectivity index (χ3n) is 6.04. The molecule has 0 bridgehead atoms. The van der Waals surface area contributed by atoms with Gasteiger partial charge in [-0.3, -0.25) is 0 Å². The Balaban J connectivity index is 1.61. The van der Waals surface area contributed by atoms with Crippen LogP contribution in [0.25, 0.3) is 5.70 Å². The maximum absolute atomic E-state index is 12.9. The van der Waals surface area contributed by atoms with E-state index >= 15 is 0 Å². The maximum atomic E-state index is 12.9. The summed E-state index contributed by atoms with van der Waals surface area (Å²) in [7, 11) is 0. The minimum absolute atomic E-state index is 0.0189. The highest BCUT2D eigenvalue weighted by molar-refractivity contribution is 6.09. The van der Waals surface area contributed by atoms with Crippen LogP contribution in [0, 0.1) is 17.2 Å². The molecule has 1 saturated carbocycles. The van der Waals surface area contributed by atoms with Gasteiger partial charge in [-0.1, -0.05) is 49.6 Å². The Hall–Kier alpha value is -3.11. The summed E-state index contributed by atoms with van der Waals surface area (Å²) in [5, 5.41) is 16.5. The van der Waals surface area contributed by atoms with E-state index in [1.165, 1.54) is 19.3 Å². The number of nitrogens with zero attached hydrogens (tertiary/aromatic N) is 3. The monoisotopic (exact) mass is 419 g/mol. The quantitative estimate of drug-likeness (QED) is 0.443. The van der Waals surface area contributed by atoms with Crippen molar-refractivity contribution < 1.29 is 9.53 Å².